The van der Waals surface area contributed by atoms with E-state index in [1.807, 2.05) is 37.2 Å². The molecular formula is C15H20N4O3. The summed E-state index contributed by atoms with van der Waals surface area (Å²) in [5, 5.41) is 15.1. The molecule has 2 rings (SSSR count). The van der Waals surface area contributed by atoms with Crippen LogP contribution in [0.15, 0.2) is 41.0 Å². The number of hydrogen-bond donors (Lipinski definition) is 3. The number of rotatable bonds is 6. The first kappa shape index (κ1) is 15.8. The maximum atomic E-state index is 11.7. The van der Waals surface area contributed by atoms with Gasteiger partial charge in [-0.05, 0) is 24.3 Å². The highest BCUT2D eigenvalue weighted by molar-refractivity contribution is 5.73. The lowest BCUT2D eigenvalue weighted by Gasteiger charge is -2.13. The molecular weight excluding hydrogens is 284 g/mol. The summed E-state index contributed by atoms with van der Waals surface area (Å²) in [4.78, 5) is 18.0. The number of aliphatic hydroxyl groups excluding tert-OH is 1. The number of urea groups is 1. The monoisotopic (exact) mass is 304 g/mol. The van der Waals surface area contributed by atoms with Gasteiger partial charge >= 0.3 is 6.03 Å². The van der Waals surface area contributed by atoms with Crippen LogP contribution in [0.5, 0.6) is 0 Å². The molecule has 0 saturated heterocycles. The number of pyridine rings is 1. The molecule has 0 aromatic carbocycles. The van der Waals surface area contributed by atoms with Gasteiger partial charge in [0.25, 0.3) is 0 Å². The SMILES string of the molecule is CN(C)c1cccc(CNC(=O)NCC(O)c2ccco2)n1. The van der Waals surface area contributed by atoms with E-state index in [0.717, 1.165) is 11.5 Å². The van der Waals surface area contributed by atoms with Gasteiger partial charge in [0.2, 0.25) is 0 Å². The predicted octanol–water partition coefficient (Wildman–Crippen LogP) is 1.27. The van der Waals surface area contributed by atoms with E-state index < -0.39 is 6.10 Å². The maximum absolute atomic E-state index is 11.7. The van der Waals surface area contributed by atoms with Crippen molar-refractivity contribution in [3.63, 3.8) is 0 Å². The Hall–Kier alpha value is -2.54. The highest BCUT2D eigenvalue weighted by Gasteiger charge is 2.11. The lowest BCUT2D eigenvalue weighted by molar-refractivity contribution is 0.148. The van der Waals surface area contributed by atoms with E-state index >= 15 is 0 Å². The molecule has 2 heterocycles. The smallest absolute Gasteiger partial charge is 0.315 e. The van der Waals surface area contributed by atoms with Crippen molar-refractivity contribution in [2.75, 3.05) is 25.5 Å². The first-order chi connectivity index (χ1) is 10.6. The van der Waals surface area contributed by atoms with Crippen LogP contribution in [0.25, 0.3) is 0 Å². The average molecular weight is 304 g/mol. The minimum atomic E-state index is -0.865. The van der Waals surface area contributed by atoms with Crippen LogP contribution in [-0.4, -0.2) is 36.8 Å². The fraction of sp³-hybridized carbons (Fsp3) is 0.333. The Labute approximate surface area is 129 Å². The molecule has 118 valence electrons. The van der Waals surface area contributed by atoms with Crippen LogP contribution < -0.4 is 15.5 Å². The minimum absolute atomic E-state index is 0.0739. The summed E-state index contributed by atoms with van der Waals surface area (Å²) in [6.45, 7) is 0.384. The molecule has 0 aliphatic heterocycles. The Balaban J connectivity index is 1.77. The number of anilines is 1. The van der Waals surface area contributed by atoms with Gasteiger partial charge in [0.05, 0.1) is 25.0 Å². The second-order valence-corrected chi connectivity index (χ2v) is 4.98. The summed E-state index contributed by atoms with van der Waals surface area (Å²) in [6.07, 6.45) is 0.609. The summed E-state index contributed by atoms with van der Waals surface area (Å²) in [5.41, 5.74) is 0.757. The number of carbonyl (C=O) groups excluding carboxylic acids is 1. The van der Waals surface area contributed by atoms with Gasteiger partial charge in [-0.3, -0.25) is 0 Å². The van der Waals surface area contributed by atoms with Gasteiger partial charge in [0.1, 0.15) is 17.7 Å². The van der Waals surface area contributed by atoms with Crippen molar-refractivity contribution in [2.45, 2.75) is 12.6 Å². The summed E-state index contributed by atoms with van der Waals surface area (Å²) in [7, 11) is 3.81. The lowest BCUT2D eigenvalue weighted by Crippen LogP contribution is -2.37. The van der Waals surface area contributed by atoms with E-state index in [1.165, 1.54) is 6.26 Å². The quantitative estimate of drug-likeness (QED) is 0.748. The van der Waals surface area contributed by atoms with Gasteiger partial charge < -0.3 is 25.1 Å². The number of aromatic nitrogens is 1. The molecule has 22 heavy (non-hydrogen) atoms. The number of nitrogens with zero attached hydrogens (tertiary/aromatic N) is 2. The molecule has 0 radical (unpaired) electrons. The summed E-state index contributed by atoms with van der Waals surface area (Å²) >= 11 is 0. The van der Waals surface area contributed by atoms with Crippen LogP contribution in [0.1, 0.15) is 17.6 Å². The van der Waals surface area contributed by atoms with Crippen LogP contribution in [0.2, 0.25) is 0 Å². The largest absolute Gasteiger partial charge is 0.467 e. The molecule has 0 aliphatic carbocycles. The molecule has 3 N–H and O–H groups in total. The molecule has 0 aliphatic rings. The summed E-state index contributed by atoms with van der Waals surface area (Å²) in [6, 6.07) is 8.58. The third kappa shape index (κ3) is 4.49. The van der Waals surface area contributed by atoms with Crippen molar-refractivity contribution in [3.05, 3.63) is 48.0 Å². The second-order valence-electron chi connectivity index (χ2n) is 4.98. The molecule has 0 bridgehead atoms. The Morgan fingerprint density at radius 1 is 1.32 bits per heavy atom. The van der Waals surface area contributed by atoms with E-state index in [-0.39, 0.29) is 12.6 Å². The highest BCUT2D eigenvalue weighted by atomic mass is 16.4. The number of carbonyl (C=O) groups is 1. The van der Waals surface area contributed by atoms with E-state index in [2.05, 4.69) is 15.6 Å². The second kappa shape index (κ2) is 7.46. The van der Waals surface area contributed by atoms with Crippen LogP contribution in [0, 0.1) is 0 Å². The number of aliphatic hydroxyl groups is 1. The molecule has 2 amide bonds. The number of furan rings is 1. The number of amides is 2. The summed E-state index contributed by atoms with van der Waals surface area (Å²) < 4.78 is 5.06. The topological polar surface area (TPSA) is 90.6 Å². The average Bonchev–Trinajstić information content (AvgIpc) is 3.05. The van der Waals surface area contributed by atoms with E-state index in [0.29, 0.717) is 12.3 Å². The van der Waals surface area contributed by atoms with Crippen molar-refractivity contribution in [3.8, 4) is 0 Å². The first-order valence-corrected chi connectivity index (χ1v) is 6.92. The van der Waals surface area contributed by atoms with E-state index in [1.54, 1.807) is 12.1 Å². The van der Waals surface area contributed by atoms with Crippen LogP contribution in [-0.2, 0) is 6.54 Å². The van der Waals surface area contributed by atoms with Crippen LogP contribution in [0.3, 0.4) is 0 Å². The molecule has 0 saturated carbocycles. The molecule has 7 nitrogen and oxygen atoms in total. The molecule has 0 fully saturated rings. The first-order valence-electron chi connectivity index (χ1n) is 6.92. The van der Waals surface area contributed by atoms with Gasteiger partial charge in [-0.25, -0.2) is 9.78 Å². The standard InChI is InChI=1S/C15H20N4O3/c1-19(2)14-7-3-5-11(18-14)9-16-15(21)17-10-12(20)13-6-4-8-22-13/h3-8,12,20H,9-10H2,1-2H3,(H2,16,17,21). The van der Waals surface area contributed by atoms with Gasteiger partial charge in [-0.15, -0.1) is 0 Å². The van der Waals surface area contributed by atoms with Crippen molar-refractivity contribution in [2.24, 2.45) is 0 Å². The van der Waals surface area contributed by atoms with E-state index in [9.17, 15) is 9.90 Å². The molecule has 7 heteroatoms. The van der Waals surface area contributed by atoms with Crippen molar-refractivity contribution >= 4 is 11.8 Å². The van der Waals surface area contributed by atoms with Gasteiger partial charge in [0.15, 0.2) is 0 Å². The predicted molar refractivity (Wildman–Crippen MR) is 82.5 cm³/mol. The van der Waals surface area contributed by atoms with Gasteiger partial charge in [-0.1, -0.05) is 6.07 Å². The van der Waals surface area contributed by atoms with Crippen molar-refractivity contribution in [1.29, 1.82) is 0 Å². The third-order valence-electron chi connectivity index (χ3n) is 3.01. The Morgan fingerprint density at radius 2 is 2.14 bits per heavy atom. The Morgan fingerprint density at radius 3 is 2.82 bits per heavy atom. The van der Waals surface area contributed by atoms with Gasteiger partial charge in [-0.2, -0.15) is 0 Å². The van der Waals surface area contributed by atoms with Crippen molar-refractivity contribution < 1.29 is 14.3 Å². The molecule has 0 spiro atoms. The lowest BCUT2D eigenvalue weighted by atomic mass is 10.3. The number of nitrogens with one attached hydrogen (secondary N) is 2. The number of hydrogen-bond acceptors (Lipinski definition) is 5. The zero-order chi connectivity index (χ0) is 15.9. The van der Waals surface area contributed by atoms with Crippen LogP contribution in [0.4, 0.5) is 10.6 Å². The molecule has 2 aromatic rings. The fourth-order valence-corrected chi connectivity index (χ4v) is 1.82. The fourth-order valence-electron chi connectivity index (χ4n) is 1.82. The Bertz CT molecular complexity index is 599. The molecule has 1 unspecified atom stereocenters. The normalized spacial score (nSPS) is 11.8. The zero-order valence-corrected chi connectivity index (χ0v) is 12.6. The van der Waals surface area contributed by atoms with E-state index in [4.69, 9.17) is 4.42 Å². The summed E-state index contributed by atoms with van der Waals surface area (Å²) in [5.74, 6) is 1.24. The van der Waals surface area contributed by atoms with Gasteiger partial charge in [0, 0.05) is 14.1 Å². The third-order valence-corrected chi connectivity index (χ3v) is 3.01. The molecule has 1 atom stereocenters. The van der Waals surface area contributed by atoms with Crippen LogP contribution >= 0.6 is 0 Å². The zero-order valence-electron chi connectivity index (χ0n) is 12.6. The highest BCUT2D eigenvalue weighted by Crippen LogP contribution is 2.11. The maximum Gasteiger partial charge on any atom is 0.315 e. The van der Waals surface area contributed by atoms with Crippen molar-refractivity contribution in [1.82, 2.24) is 15.6 Å². The minimum Gasteiger partial charge on any atom is -0.467 e. The Kier molecular flexibility index (Phi) is 5.37. The molecule has 2 aromatic heterocycles.